The van der Waals surface area contributed by atoms with Gasteiger partial charge in [0.1, 0.15) is 11.9 Å². The Hall–Kier alpha value is -1.89. The normalized spacial score (nSPS) is 16.0. The van der Waals surface area contributed by atoms with Crippen LogP contribution in [-0.4, -0.2) is 5.91 Å². The molecule has 0 radical (unpaired) electrons. The lowest BCUT2D eigenvalue weighted by Crippen LogP contribution is -2.24. The van der Waals surface area contributed by atoms with Gasteiger partial charge in [0.15, 0.2) is 0 Å². The number of carbonyl (C=O) groups excluding carboxylic acids is 1. The van der Waals surface area contributed by atoms with E-state index < -0.39 is 5.82 Å². The molecule has 0 unspecified atom stereocenters. The van der Waals surface area contributed by atoms with Crippen molar-refractivity contribution < 1.29 is 9.18 Å². The minimum Gasteiger partial charge on any atom is -0.326 e. The van der Waals surface area contributed by atoms with Gasteiger partial charge in [0, 0.05) is 11.6 Å². The van der Waals surface area contributed by atoms with E-state index in [0.717, 1.165) is 25.7 Å². The van der Waals surface area contributed by atoms with Gasteiger partial charge in [-0.3, -0.25) is 4.79 Å². The molecule has 0 spiro atoms. The fraction of sp³-hybridized carbons (Fsp3) is 0.429. The van der Waals surface area contributed by atoms with Crippen LogP contribution in [-0.2, 0) is 4.79 Å². The maximum Gasteiger partial charge on any atom is 0.227 e. The Bertz CT molecular complexity index is 487. The zero-order valence-electron chi connectivity index (χ0n) is 10.1. The summed E-state index contributed by atoms with van der Waals surface area (Å²) in [5.74, 6) is -0.535. The zero-order chi connectivity index (χ0) is 13.0. The van der Waals surface area contributed by atoms with Crippen molar-refractivity contribution in [2.45, 2.75) is 32.1 Å². The van der Waals surface area contributed by atoms with Gasteiger partial charge in [-0.15, -0.1) is 0 Å². The Morgan fingerprint density at radius 3 is 2.72 bits per heavy atom. The number of hydrogen-bond donors (Lipinski definition) is 1. The molecule has 3 nitrogen and oxygen atoms in total. The molecule has 1 aromatic rings. The molecule has 0 bridgehead atoms. The van der Waals surface area contributed by atoms with Crippen LogP contribution in [0.5, 0.6) is 0 Å². The standard InChI is InChI=1S/C14H15FN2O/c15-13-7-6-12(8-11(13)9-16)17-14(18)10-4-2-1-3-5-10/h6-8,10H,1-5H2,(H,17,18). The largest absolute Gasteiger partial charge is 0.326 e. The van der Waals surface area contributed by atoms with Crippen LogP contribution in [0.2, 0.25) is 0 Å². The number of halogens is 1. The fourth-order valence-corrected chi connectivity index (χ4v) is 2.30. The molecule has 1 amide bonds. The van der Waals surface area contributed by atoms with E-state index in [9.17, 15) is 9.18 Å². The molecular formula is C14H15FN2O. The van der Waals surface area contributed by atoms with Crippen molar-refractivity contribution in [3.8, 4) is 6.07 Å². The highest BCUT2D eigenvalue weighted by Gasteiger charge is 2.21. The smallest absolute Gasteiger partial charge is 0.227 e. The molecule has 18 heavy (non-hydrogen) atoms. The van der Waals surface area contributed by atoms with Crippen molar-refractivity contribution in [1.29, 1.82) is 5.26 Å². The molecule has 94 valence electrons. The van der Waals surface area contributed by atoms with E-state index in [0.29, 0.717) is 5.69 Å². The van der Waals surface area contributed by atoms with Crippen molar-refractivity contribution in [2.75, 3.05) is 5.32 Å². The molecule has 0 aromatic heterocycles. The molecule has 2 rings (SSSR count). The molecule has 0 atom stereocenters. The molecule has 4 heteroatoms. The van der Waals surface area contributed by atoms with Crippen LogP contribution in [0, 0.1) is 23.1 Å². The second kappa shape index (κ2) is 5.63. The second-order valence-corrected chi connectivity index (χ2v) is 4.63. The number of benzene rings is 1. The third-order valence-electron chi connectivity index (χ3n) is 3.33. The number of nitrogens with one attached hydrogen (secondary N) is 1. The van der Waals surface area contributed by atoms with Crippen molar-refractivity contribution >= 4 is 11.6 Å². The van der Waals surface area contributed by atoms with E-state index in [2.05, 4.69) is 5.32 Å². The van der Waals surface area contributed by atoms with Gasteiger partial charge in [-0.1, -0.05) is 19.3 Å². The van der Waals surface area contributed by atoms with Crippen molar-refractivity contribution in [1.82, 2.24) is 0 Å². The molecule has 1 fully saturated rings. The van der Waals surface area contributed by atoms with Gasteiger partial charge in [0.05, 0.1) is 5.56 Å². The predicted octanol–water partition coefficient (Wildman–Crippen LogP) is 3.22. The van der Waals surface area contributed by atoms with Crippen LogP contribution in [0.25, 0.3) is 0 Å². The van der Waals surface area contributed by atoms with Gasteiger partial charge in [-0.05, 0) is 31.0 Å². The van der Waals surface area contributed by atoms with Crippen LogP contribution in [0.3, 0.4) is 0 Å². The summed E-state index contributed by atoms with van der Waals surface area (Å²) in [6, 6.07) is 5.82. The minimum absolute atomic E-state index is 0.0230. The van der Waals surface area contributed by atoms with Crippen molar-refractivity contribution in [3.05, 3.63) is 29.6 Å². The van der Waals surface area contributed by atoms with Crippen LogP contribution < -0.4 is 5.32 Å². The van der Waals surface area contributed by atoms with Crippen LogP contribution in [0.1, 0.15) is 37.7 Å². The van der Waals surface area contributed by atoms with Gasteiger partial charge in [0.25, 0.3) is 0 Å². The Labute approximate surface area is 106 Å². The average Bonchev–Trinajstić information content (AvgIpc) is 2.42. The topological polar surface area (TPSA) is 52.9 Å². The van der Waals surface area contributed by atoms with Crippen molar-refractivity contribution in [3.63, 3.8) is 0 Å². The molecule has 1 aliphatic rings. The maximum absolute atomic E-state index is 13.1. The number of nitriles is 1. The quantitative estimate of drug-likeness (QED) is 0.871. The maximum atomic E-state index is 13.1. The molecule has 1 N–H and O–H groups in total. The number of carbonyl (C=O) groups is 1. The summed E-state index contributed by atoms with van der Waals surface area (Å²) in [6.07, 6.45) is 5.20. The molecule has 1 aliphatic carbocycles. The Kier molecular flexibility index (Phi) is 3.93. The van der Waals surface area contributed by atoms with Gasteiger partial charge < -0.3 is 5.32 Å². The van der Waals surface area contributed by atoms with E-state index in [1.54, 1.807) is 6.07 Å². The van der Waals surface area contributed by atoms with Crippen LogP contribution >= 0.6 is 0 Å². The SMILES string of the molecule is N#Cc1cc(NC(=O)C2CCCCC2)ccc1F. The Morgan fingerprint density at radius 1 is 1.33 bits per heavy atom. The summed E-state index contributed by atoms with van der Waals surface area (Å²) < 4.78 is 13.1. The first kappa shape index (κ1) is 12.6. The minimum atomic E-state index is -0.562. The highest BCUT2D eigenvalue weighted by molar-refractivity contribution is 5.92. The first-order valence-corrected chi connectivity index (χ1v) is 6.21. The van der Waals surface area contributed by atoms with Gasteiger partial charge >= 0.3 is 0 Å². The fourth-order valence-electron chi connectivity index (χ4n) is 2.30. The van der Waals surface area contributed by atoms with Gasteiger partial charge in [-0.2, -0.15) is 5.26 Å². The first-order valence-electron chi connectivity index (χ1n) is 6.21. The van der Waals surface area contributed by atoms with E-state index in [1.165, 1.54) is 24.6 Å². The molecule has 1 saturated carbocycles. The number of anilines is 1. The molecule has 1 aromatic carbocycles. The predicted molar refractivity (Wildman–Crippen MR) is 66.3 cm³/mol. The summed E-state index contributed by atoms with van der Waals surface area (Å²) in [5.41, 5.74) is 0.444. The number of amides is 1. The number of rotatable bonds is 2. The van der Waals surface area contributed by atoms with Crippen molar-refractivity contribution in [2.24, 2.45) is 5.92 Å². The number of hydrogen-bond acceptors (Lipinski definition) is 2. The monoisotopic (exact) mass is 246 g/mol. The zero-order valence-corrected chi connectivity index (χ0v) is 10.1. The lowest BCUT2D eigenvalue weighted by atomic mass is 9.88. The summed E-state index contributed by atoms with van der Waals surface area (Å²) >= 11 is 0. The van der Waals surface area contributed by atoms with E-state index in [1.807, 2.05) is 0 Å². The molecule has 0 saturated heterocycles. The Balaban J connectivity index is 2.05. The van der Waals surface area contributed by atoms with Gasteiger partial charge in [-0.25, -0.2) is 4.39 Å². The lowest BCUT2D eigenvalue weighted by Gasteiger charge is -2.20. The van der Waals surface area contributed by atoms with Crippen LogP contribution in [0.4, 0.5) is 10.1 Å². The number of nitrogens with zero attached hydrogens (tertiary/aromatic N) is 1. The third kappa shape index (κ3) is 2.86. The van der Waals surface area contributed by atoms with E-state index >= 15 is 0 Å². The van der Waals surface area contributed by atoms with Crippen LogP contribution in [0.15, 0.2) is 18.2 Å². The van der Waals surface area contributed by atoms with Gasteiger partial charge in [0.2, 0.25) is 5.91 Å². The highest BCUT2D eigenvalue weighted by Crippen LogP contribution is 2.25. The molecule has 0 heterocycles. The summed E-state index contributed by atoms with van der Waals surface area (Å²) in [7, 11) is 0. The summed E-state index contributed by atoms with van der Waals surface area (Å²) in [5, 5.41) is 11.5. The molecular weight excluding hydrogens is 231 g/mol. The lowest BCUT2D eigenvalue weighted by molar-refractivity contribution is -0.120. The van der Waals surface area contributed by atoms with E-state index in [-0.39, 0.29) is 17.4 Å². The summed E-state index contributed by atoms with van der Waals surface area (Å²) in [6.45, 7) is 0. The second-order valence-electron chi connectivity index (χ2n) is 4.63. The first-order chi connectivity index (χ1) is 8.70. The third-order valence-corrected chi connectivity index (χ3v) is 3.33. The van der Waals surface area contributed by atoms with E-state index in [4.69, 9.17) is 5.26 Å². The Morgan fingerprint density at radius 2 is 2.06 bits per heavy atom. The average molecular weight is 246 g/mol. The molecule has 0 aliphatic heterocycles. The highest BCUT2D eigenvalue weighted by atomic mass is 19.1. The summed E-state index contributed by atoms with van der Waals surface area (Å²) in [4.78, 5) is 12.0.